The van der Waals surface area contributed by atoms with Gasteiger partial charge >= 0.3 is 0 Å². The molecule has 0 spiro atoms. The van der Waals surface area contributed by atoms with Gasteiger partial charge in [-0.2, -0.15) is 4.31 Å². The predicted octanol–water partition coefficient (Wildman–Crippen LogP) is 3.51. The Bertz CT molecular complexity index is 1110. The van der Waals surface area contributed by atoms with Crippen molar-refractivity contribution >= 4 is 15.9 Å². The number of amides is 1. The quantitative estimate of drug-likeness (QED) is 0.571. The smallest absolute Gasteiger partial charge is 0.243 e. The monoisotopic (exact) mass is 486 g/mol. The number of para-hydroxylation sites is 2. The highest BCUT2D eigenvalue weighted by molar-refractivity contribution is 7.89. The van der Waals surface area contributed by atoms with Gasteiger partial charge in [-0.25, -0.2) is 8.42 Å². The Hall–Kier alpha value is -2.58. The van der Waals surface area contributed by atoms with Crippen molar-refractivity contribution in [2.75, 3.05) is 40.4 Å². The Morgan fingerprint density at radius 3 is 2.41 bits per heavy atom. The largest absolute Gasteiger partial charge is 0.493 e. The number of sulfonamides is 1. The van der Waals surface area contributed by atoms with Crippen molar-refractivity contribution in [1.29, 1.82) is 0 Å². The van der Waals surface area contributed by atoms with Gasteiger partial charge in [0.25, 0.3) is 0 Å². The number of methoxy groups -OCH3 is 1. The fraction of sp³-hybridized carbons (Fsp3) is 0.500. The van der Waals surface area contributed by atoms with Gasteiger partial charge in [-0.05, 0) is 73.9 Å². The molecule has 0 radical (unpaired) electrons. The molecule has 1 aliphatic carbocycles. The average molecular weight is 487 g/mol. The summed E-state index contributed by atoms with van der Waals surface area (Å²) in [7, 11) is -0.179. The molecule has 2 aliphatic rings. The van der Waals surface area contributed by atoms with Gasteiger partial charge in [0.05, 0.1) is 18.6 Å². The first kappa shape index (κ1) is 24.5. The lowest BCUT2D eigenvalue weighted by Crippen LogP contribution is -2.44. The summed E-state index contributed by atoms with van der Waals surface area (Å²) in [6.45, 7) is 1.53. The van der Waals surface area contributed by atoms with Gasteiger partial charge in [-0.3, -0.25) is 4.79 Å². The molecule has 7 nitrogen and oxygen atoms in total. The highest BCUT2D eigenvalue weighted by Gasteiger charge is 2.33. The van der Waals surface area contributed by atoms with E-state index < -0.39 is 10.0 Å². The zero-order chi connectivity index (χ0) is 24.1. The molecule has 0 bridgehead atoms. The number of carbonyl (C=O) groups excluding carboxylic acids is 1. The molecule has 2 aromatic carbocycles. The molecule has 1 amide bonds. The summed E-state index contributed by atoms with van der Waals surface area (Å²) >= 11 is 0. The minimum atomic E-state index is -3.54. The van der Waals surface area contributed by atoms with Crippen molar-refractivity contribution in [3.8, 4) is 11.5 Å². The second-order valence-corrected chi connectivity index (χ2v) is 11.0. The Labute approximate surface area is 202 Å². The van der Waals surface area contributed by atoms with Crippen LogP contribution >= 0.6 is 0 Å². The maximum atomic E-state index is 13.2. The minimum absolute atomic E-state index is 0.0365. The van der Waals surface area contributed by atoms with Gasteiger partial charge in [-0.15, -0.1) is 0 Å². The zero-order valence-electron chi connectivity index (χ0n) is 20.0. The van der Waals surface area contributed by atoms with E-state index in [-0.39, 0.29) is 11.8 Å². The number of aryl methyl sites for hydroxylation is 2. The molecule has 4 rings (SSSR count). The van der Waals surface area contributed by atoms with Crippen molar-refractivity contribution in [2.24, 2.45) is 5.92 Å². The number of hydrogen-bond donors (Lipinski definition) is 0. The number of ether oxygens (including phenoxy) is 2. The lowest BCUT2D eigenvalue weighted by atomic mass is 9.92. The van der Waals surface area contributed by atoms with Gasteiger partial charge in [0, 0.05) is 26.1 Å². The van der Waals surface area contributed by atoms with Crippen molar-refractivity contribution in [2.45, 2.75) is 43.4 Å². The SMILES string of the molecule is COc1ccccc1OCCN(C)C(=O)C1CCN(S(=O)(=O)c2ccc3c(c2)CCCC3)CC1. The van der Waals surface area contributed by atoms with E-state index in [1.165, 1.54) is 16.3 Å². The number of likely N-dealkylation sites (N-methyl/N-ethyl adjacent to an activating group) is 1. The summed E-state index contributed by atoms with van der Waals surface area (Å²) in [5.74, 6) is 1.16. The van der Waals surface area contributed by atoms with Gasteiger partial charge in [0.2, 0.25) is 15.9 Å². The molecule has 1 saturated heterocycles. The second-order valence-electron chi connectivity index (χ2n) is 9.08. The molecule has 0 aromatic heterocycles. The van der Waals surface area contributed by atoms with E-state index in [9.17, 15) is 13.2 Å². The molecule has 8 heteroatoms. The van der Waals surface area contributed by atoms with Crippen LogP contribution in [0.4, 0.5) is 0 Å². The van der Waals surface area contributed by atoms with Crippen LogP contribution in [0.2, 0.25) is 0 Å². The number of piperidine rings is 1. The Balaban J connectivity index is 1.29. The third kappa shape index (κ3) is 5.39. The van der Waals surface area contributed by atoms with E-state index in [1.807, 2.05) is 36.4 Å². The first-order chi connectivity index (χ1) is 16.4. The van der Waals surface area contributed by atoms with Crippen LogP contribution in [0.3, 0.4) is 0 Å². The number of benzene rings is 2. The van der Waals surface area contributed by atoms with Crippen LogP contribution in [0.15, 0.2) is 47.4 Å². The number of rotatable bonds is 8. The zero-order valence-corrected chi connectivity index (χ0v) is 20.9. The molecule has 0 atom stereocenters. The number of carbonyl (C=O) groups is 1. The maximum Gasteiger partial charge on any atom is 0.243 e. The lowest BCUT2D eigenvalue weighted by Gasteiger charge is -2.32. The van der Waals surface area contributed by atoms with Crippen LogP contribution in [-0.2, 0) is 27.7 Å². The van der Waals surface area contributed by atoms with Gasteiger partial charge in [0.1, 0.15) is 6.61 Å². The second kappa shape index (κ2) is 10.8. The summed E-state index contributed by atoms with van der Waals surface area (Å²) in [5.41, 5.74) is 2.43. The van der Waals surface area contributed by atoms with Gasteiger partial charge < -0.3 is 14.4 Å². The third-order valence-electron chi connectivity index (χ3n) is 6.89. The molecule has 1 aliphatic heterocycles. The molecule has 34 heavy (non-hydrogen) atoms. The number of nitrogens with zero attached hydrogens (tertiary/aromatic N) is 2. The van der Waals surface area contributed by atoms with Crippen molar-refractivity contribution in [3.63, 3.8) is 0 Å². The minimum Gasteiger partial charge on any atom is -0.493 e. The molecule has 1 fully saturated rings. The van der Waals surface area contributed by atoms with Gasteiger partial charge in [0.15, 0.2) is 11.5 Å². The lowest BCUT2D eigenvalue weighted by molar-refractivity contribution is -0.135. The van der Waals surface area contributed by atoms with E-state index >= 15 is 0 Å². The number of fused-ring (bicyclic) bond motifs is 1. The van der Waals surface area contributed by atoms with Crippen molar-refractivity contribution in [1.82, 2.24) is 9.21 Å². The predicted molar refractivity (Wildman–Crippen MR) is 131 cm³/mol. The normalized spacial score (nSPS) is 17.1. The van der Waals surface area contributed by atoms with E-state index in [1.54, 1.807) is 25.1 Å². The number of hydrogen-bond acceptors (Lipinski definition) is 5. The van der Waals surface area contributed by atoms with Crippen molar-refractivity contribution < 1.29 is 22.7 Å². The highest BCUT2D eigenvalue weighted by Crippen LogP contribution is 2.29. The Kier molecular flexibility index (Phi) is 7.78. The summed E-state index contributed by atoms with van der Waals surface area (Å²) in [6, 6.07) is 13.0. The molecule has 184 valence electrons. The highest BCUT2D eigenvalue weighted by atomic mass is 32.2. The van der Waals surface area contributed by atoms with Crippen LogP contribution in [-0.4, -0.2) is 63.9 Å². The molecule has 0 N–H and O–H groups in total. The fourth-order valence-corrected chi connectivity index (χ4v) is 6.34. The van der Waals surface area contributed by atoms with E-state index in [4.69, 9.17) is 9.47 Å². The van der Waals surface area contributed by atoms with Crippen LogP contribution < -0.4 is 9.47 Å². The van der Waals surface area contributed by atoms with Crippen LogP contribution in [0.1, 0.15) is 36.8 Å². The van der Waals surface area contributed by atoms with E-state index in [0.29, 0.717) is 55.5 Å². The molecule has 2 aromatic rings. The molecule has 0 unspecified atom stereocenters. The summed E-state index contributed by atoms with van der Waals surface area (Å²) in [5, 5.41) is 0. The van der Waals surface area contributed by atoms with Crippen molar-refractivity contribution in [3.05, 3.63) is 53.6 Å². The van der Waals surface area contributed by atoms with E-state index in [0.717, 1.165) is 24.8 Å². The third-order valence-corrected chi connectivity index (χ3v) is 8.79. The van der Waals surface area contributed by atoms with Crippen LogP contribution in [0, 0.1) is 5.92 Å². The average Bonchev–Trinajstić information content (AvgIpc) is 2.88. The molecular weight excluding hydrogens is 452 g/mol. The Morgan fingerprint density at radius 1 is 1.03 bits per heavy atom. The van der Waals surface area contributed by atoms with Gasteiger partial charge in [-0.1, -0.05) is 18.2 Å². The standard InChI is InChI=1S/C26H34N2O5S/c1-27(17-18-33-25-10-6-5-9-24(25)32-2)26(29)21-13-15-28(16-14-21)34(30,31)23-12-11-20-7-3-4-8-22(20)19-23/h5-6,9-12,19,21H,3-4,7-8,13-18H2,1-2H3. The molecule has 1 heterocycles. The fourth-order valence-electron chi connectivity index (χ4n) is 4.81. The topological polar surface area (TPSA) is 76.2 Å². The summed E-state index contributed by atoms with van der Waals surface area (Å²) in [6.07, 6.45) is 5.31. The maximum absolute atomic E-state index is 13.2. The first-order valence-corrected chi connectivity index (χ1v) is 13.5. The molecular formula is C26H34N2O5S. The van der Waals surface area contributed by atoms with Crippen LogP contribution in [0.25, 0.3) is 0 Å². The van der Waals surface area contributed by atoms with Crippen LogP contribution in [0.5, 0.6) is 11.5 Å². The van der Waals surface area contributed by atoms with E-state index in [2.05, 4.69) is 0 Å². The Morgan fingerprint density at radius 2 is 1.71 bits per heavy atom. The summed E-state index contributed by atoms with van der Waals surface area (Å²) in [4.78, 5) is 15.0. The first-order valence-electron chi connectivity index (χ1n) is 12.0. The molecule has 0 saturated carbocycles. The summed E-state index contributed by atoms with van der Waals surface area (Å²) < 4.78 is 39.0.